The van der Waals surface area contributed by atoms with Gasteiger partial charge in [-0.3, -0.25) is 9.79 Å². The topological polar surface area (TPSA) is 93.5 Å². The molecule has 1 amide bonds. The molecule has 1 saturated heterocycles. The number of hydrogen-bond donors (Lipinski definition) is 3. The number of carbonyl (C=O) groups is 1. The third-order valence-corrected chi connectivity index (χ3v) is 4.63. The minimum Gasteiger partial charge on any atom is -0.398 e. The fourth-order valence-corrected chi connectivity index (χ4v) is 3.18. The van der Waals surface area contributed by atoms with E-state index in [2.05, 4.69) is 10.3 Å². The van der Waals surface area contributed by atoms with Gasteiger partial charge in [0.1, 0.15) is 12.0 Å². The molecule has 27 heavy (non-hydrogen) atoms. The Morgan fingerprint density at radius 3 is 2.67 bits per heavy atom. The number of nitrogens with two attached hydrogens (primary N) is 2. The second kappa shape index (κ2) is 7.48. The van der Waals surface area contributed by atoms with Gasteiger partial charge < -0.3 is 16.8 Å². The lowest BCUT2D eigenvalue weighted by Gasteiger charge is -2.37. The van der Waals surface area contributed by atoms with E-state index < -0.39 is 23.2 Å². The van der Waals surface area contributed by atoms with Crippen LogP contribution in [0.15, 0.2) is 41.4 Å². The van der Waals surface area contributed by atoms with E-state index in [0.717, 1.165) is 11.6 Å². The van der Waals surface area contributed by atoms with Crippen LogP contribution in [0.25, 0.3) is 0 Å². The highest BCUT2D eigenvalue weighted by atomic mass is 19.1. The first-order valence-electron chi connectivity index (χ1n) is 8.45. The predicted octanol–water partition coefficient (Wildman–Crippen LogP) is 1.95. The third kappa shape index (κ3) is 4.16. The van der Waals surface area contributed by atoms with E-state index >= 15 is 0 Å². The molecule has 3 rings (SSSR count). The molecule has 2 aromatic carbocycles. The molecule has 0 aromatic heterocycles. The van der Waals surface area contributed by atoms with Crippen LogP contribution >= 0.6 is 0 Å². The second-order valence-electron chi connectivity index (χ2n) is 6.71. The smallest absolute Gasteiger partial charge is 0.250 e. The summed E-state index contributed by atoms with van der Waals surface area (Å²) < 4.78 is 27.3. The Labute approximate surface area is 157 Å². The first-order valence-corrected chi connectivity index (χ1v) is 8.45. The molecule has 5 nitrogen and oxygen atoms in total. The van der Waals surface area contributed by atoms with Crippen LogP contribution < -0.4 is 16.8 Å². The van der Waals surface area contributed by atoms with Crippen LogP contribution in [-0.2, 0) is 5.31 Å². The summed E-state index contributed by atoms with van der Waals surface area (Å²) in [4.78, 5) is 15.6. The number of nitrogens with one attached hydrogen (secondary N) is 1. The van der Waals surface area contributed by atoms with Crippen LogP contribution in [0.2, 0.25) is 0 Å². The summed E-state index contributed by atoms with van der Waals surface area (Å²) >= 11 is 0. The average molecular weight is 368 g/mol. The van der Waals surface area contributed by atoms with Gasteiger partial charge in [0.15, 0.2) is 0 Å². The standard InChI is InChI=1S/C19H19BF2N4O/c20-19(7-14(22)9-25-10-19)12-1-3-15(4-2-12)26-8-11-5-13(21)6-16(17(11)23)18(24)27/h1-6,8,14,25H,7,9-10,23H2,(H2,24,27). The van der Waals surface area contributed by atoms with E-state index in [0.29, 0.717) is 18.8 Å². The molecule has 0 aliphatic carbocycles. The van der Waals surface area contributed by atoms with Gasteiger partial charge in [0.2, 0.25) is 0 Å². The molecule has 1 fully saturated rings. The van der Waals surface area contributed by atoms with Crippen molar-refractivity contribution in [2.75, 3.05) is 18.8 Å². The van der Waals surface area contributed by atoms with Crippen molar-refractivity contribution >= 4 is 31.3 Å². The summed E-state index contributed by atoms with van der Waals surface area (Å²) in [6.07, 6.45) is 0.618. The highest BCUT2D eigenvalue weighted by molar-refractivity contribution is 6.16. The zero-order valence-electron chi connectivity index (χ0n) is 14.6. The normalized spacial score (nSPS) is 22.8. The number of nitrogen functional groups attached to an aromatic ring is 1. The molecule has 0 bridgehead atoms. The van der Waals surface area contributed by atoms with Gasteiger partial charge in [0, 0.05) is 18.3 Å². The maximum atomic E-state index is 13.7. The first kappa shape index (κ1) is 19.0. The van der Waals surface area contributed by atoms with Crippen molar-refractivity contribution in [3.05, 3.63) is 58.9 Å². The molecule has 2 unspecified atom stereocenters. The Morgan fingerprint density at radius 1 is 1.33 bits per heavy atom. The summed E-state index contributed by atoms with van der Waals surface area (Å²) in [6, 6.07) is 9.19. The highest BCUT2D eigenvalue weighted by Gasteiger charge is 2.33. The fourth-order valence-electron chi connectivity index (χ4n) is 3.18. The van der Waals surface area contributed by atoms with Crippen LogP contribution in [0.1, 0.15) is 27.9 Å². The van der Waals surface area contributed by atoms with E-state index in [4.69, 9.17) is 19.3 Å². The van der Waals surface area contributed by atoms with E-state index in [1.807, 2.05) is 0 Å². The highest BCUT2D eigenvalue weighted by Crippen LogP contribution is 2.30. The number of alkyl halides is 1. The van der Waals surface area contributed by atoms with E-state index in [-0.39, 0.29) is 23.2 Å². The minimum absolute atomic E-state index is 0.0625. The van der Waals surface area contributed by atoms with Crippen molar-refractivity contribution < 1.29 is 13.6 Å². The minimum atomic E-state index is -0.989. The zero-order chi connectivity index (χ0) is 19.6. The number of rotatable bonds is 4. The summed E-state index contributed by atoms with van der Waals surface area (Å²) in [7, 11) is 6.32. The van der Waals surface area contributed by atoms with Crippen molar-refractivity contribution in [3.8, 4) is 0 Å². The van der Waals surface area contributed by atoms with Crippen LogP contribution in [0.4, 0.5) is 20.2 Å². The second-order valence-corrected chi connectivity index (χ2v) is 6.71. The monoisotopic (exact) mass is 368 g/mol. The van der Waals surface area contributed by atoms with Crippen LogP contribution in [-0.4, -0.2) is 39.2 Å². The number of hydrogen-bond acceptors (Lipinski definition) is 4. The van der Waals surface area contributed by atoms with Gasteiger partial charge in [0.25, 0.3) is 5.91 Å². The SMILES string of the molecule is [B]C1(c2ccc(N=Cc3cc(F)cc(C(N)=O)c3N)cc2)CNCC(F)C1. The summed E-state index contributed by atoms with van der Waals surface area (Å²) in [5.41, 5.74) is 12.6. The lowest BCUT2D eigenvalue weighted by atomic mass is 9.60. The molecule has 1 aliphatic rings. The summed E-state index contributed by atoms with van der Waals surface area (Å²) in [5, 5.41) is 2.22. The number of amides is 1. The van der Waals surface area contributed by atoms with E-state index in [1.165, 1.54) is 12.3 Å². The van der Waals surface area contributed by atoms with Gasteiger partial charge in [-0.15, -0.1) is 0 Å². The Morgan fingerprint density at radius 2 is 2.04 bits per heavy atom. The summed E-state index contributed by atoms with van der Waals surface area (Å²) in [6.45, 7) is 0.801. The molecule has 5 N–H and O–H groups in total. The molecular weight excluding hydrogens is 349 g/mol. The zero-order valence-corrected chi connectivity index (χ0v) is 14.6. The number of primary amides is 1. The van der Waals surface area contributed by atoms with E-state index in [1.54, 1.807) is 24.3 Å². The maximum Gasteiger partial charge on any atom is 0.250 e. The van der Waals surface area contributed by atoms with Gasteiger partial charge in [-0.25, -0.2) is 8.78 Å². The van der Waals surface area contributed by atoms with Crippen molar-refractivity contribution in [2.45, 2.75) is 17.9 Å². The number of nitrogens with zero attached hydrogens (tertiary/aromatic N) is 1. The largest absolute Gasteiger partial charge is 0.398 e. The Hall–Kier alpha value is -2.74. The fraction of sp³-hybridized carbons (Fsp3) is 0.263. The van der Waals surface area contributed by atoms with Crippen LogP contribution in [0, 0.1) is 5.82 Å². The number of benzene rings is 2. The molecule has 0 spiro atoms. The van der Waals surface area contributed by atoms with Crippen molar-refractivity contribution in [2.24, 2.45) is 10.7 Å². The van der Waals surface area contributed by atoms with Crippen molar-refractivity contribution in [1.29, 1.82) is 0 Å². The molecule has 0 saturated carbocycles. The number of piperidine rings is 1. The molecule has 1 aliphatic heterocycles. The first-order chi connectivity index (χ1) is 12.8. The third-order valence-electron chi connectivity index (χ3n) is 4.63. The Bertz CT molecular complexity index is 888. The molecule has 2 aromatic rings. The predicted molar refractivity (Wildman–Crippen MR) is 103 cm³/mol. The van der Waals surface area contributed by atoms with Crippen LogP contribution in [0.5, 0.6) is 0 Å². The number of halogens is 2. The lowest BCUT2D eigenvalue weighted by molar-refractivity contribution is 0.100. The van der Waals surface area contributed by atoms with Gasteiger partial charge in [-0.05, 0) is 48.1 Å². The Balaban J connectivity index is 1.82. The van der Waals surface area contributed by atoms with Gasteiger partial charge >= 0.3 is 0 Å². The molecule has 8 heteroatoms. The molecule has 2 radical (unpaired) electrons. The number of anilines is 1. The Kier molecular flexibility index (Phi) is 5.27. The quantitative estimate of drug-likeness (QED) is 0.438. The lowest BCUT2D eigenvalue weighted by Crippen LogP contribution is -2.48. The maximum absolute atomic E-state index is 13.7. The molecule has 138 valence electrons. The number of carbonyl (C=O) groups excluding carboxylic acids is 1. The van der Waals surface area contributed by atoms with E-state index in [9.17, 15) is 13.6 Å². The van der Waals surface area contributed by atoms with Crippen molar-refractivity contribution in [1.82, 2.24) is 5.32 Å². The van der Waals surface area contributed by atoms with Crippen molar-refractivity contribution in [3.63, 3.8) is 0 Å². The van der Waals surface area contributed by atoms with Crippen LogP contribution in [0.3, 0.4) is 0 Å². The van der Waals surface area contributed by atoms with Gasteiger partial charge in [0.05, 0.1) is 24.8 Å². The average Bonchev–Trinajstić information content (AvgIpc) is 2.62. The molecular formula is C19H19BF2N4O. The summed E-state index contributed by atoms with van der Waals surface area (Å²) in [5.74, 6) is -1.45. The van der Waals surface area contributed by atoms with Gasteiger partial charge in [-0.1, -0.05) is 12.1 Å². The molecule has 1 heterocycles. The number of aliphatic imine (C=N–C) groups is 1. The molecule has 2 atom stereocenters. The van der Waals surface area contributed by atoms with Gasteiger partial charge in [-0.2, -0.15) is 0 Å².